The standard InChI is InChI=1S/C13H13NO2/c1-3-12-10-5-4-6-13(16-9(2)15)11(10)7-8-14-12/h4-8H,3H2,1-2H3. The van der Waals surface area contributed by atoms with Crippen molar-refractivity contribution in [1.82, 2.24) is 4.98 Å². The second-order valence-corrected chi connectivity index (χ2v) is 3.56. The summed E-state index contributed by atoms with van der Waals surface area (Å²) < 4.78 is 5.16. The number of rotatable bonds is 2. The van der Waals surface area contributed by atoms with Crippen LogP contribution in [-0.4, -0.2) is 11.0 Å². The van der Waals surface area contributed by atoms with Crippen LogP contribution in [-0.2, 0) is 11.2 Å². The van der Waals surface area contributed by atoms with Crippen molar-refractivity contribution >= 4 is 16.7 Å². The van der Waals surface area contributed by atoms with Gasteiger partial charge in [0.15, 0.2) is 0 Å². The summed E-state index contributed by atoms with van der Waals surface area (Å²) in [5, 5.41) is 1.98. The Balaban J connectivity index is 2.64. The zero-order valence-electron chi connectivity index (χ0n) is 9.36. The van der Waals surface area contributed by atoms with Gasteiger partial charge in [0.2, 0.25) is 0 Å². The van der Waals surface area contributed by atoms with Gasteiger partial charge in [-0.25, -0.2) is 0 Å². The second-order valence-electron chi connectivity index (χ2n) is 3.56. The van der Waals surface area contributed by atoms with Gasteiger partial charge in [0, 0.05) is 29.6 Å². The van der Waals surface area contributed by atoms with Gasteiger partial charge in [-0.15, -0.1) is 0 Å². The normalized spacial score (nSPS) is 10.4. The van der Waals surface area contributed by atoms with E-state index in [1.165, 1.54) is 6.92 Å². The maximum absolute atomic E-state index is 11.0. The van der Waals surface area contributed by atoms with Crippen molar-refractivity contribution in [3.63, 3.8) is 0 Å². The number of hydrogen-bond acceptors (Lipinski definition) is 3. The van der Waals surface area contributed by atoms with E-state index in [1.807, 2.05) is 18.2 Å². The third-order valence-electron chi connectivity index (χ3n) is 2.44. The average Bonchev–Trinajstić information content (AvgIpc) is 2.28. The van der Waals surface area contributed by atoms with Crippen LogP contribution >= 0.6 is 0 Å². The van der Waals surface area contributed by atoms with Crippen molar-refractivity contribution < 1.29 is 9.53 Å². The monoisotopic (exact) mass is 215 g/mol. The van der Waals surface area contributed by atoms with E-state index in [9.17, 15) is 4.79 Å². The molecule has 0 aliphatic heterocycles. The molecule has 0 amide bonds. The van der Waals surface area contributed by atoms with Crippen molar-refractivity contribution in [3.05, 3.63) is 36.2 Å². The molecule has 1 aromatic heterocycles. The number of esters is 1. The molecular formula is C13H13NO2. The Morgan fingerprint density at radius 3 is 2.81 bits per heavy atom. The van der Waals surface area contributed by atoms with Crippen LogP contribution in [0, 0.1) is 0 Å². The van der Waals surface area contributed by atoms with Gasteiger partial charge >= 0.3 is 5.97 Å². The van der Waals surface area contributed by atoms with Crippen LogP contribution < -0.4 is 4.74 Å². The highest BCUT2D eigenvalue weighted by atomic mass is 16.5. The van der Waals surface area contributed by atoms with Crippen LogP contribution in [0.25, 0.3) is 10.8 Å². The fourth-order valence-corrected chi connectivity index (χ4v) is 1.76. The first kappa shape index (κ1) is 10.6. The summed E-state index contributed by atoms with van der Waals surface area (Å²) in [6.45, 7) is 3.46. The summed E-state index contributed by atoms with van der Waals surface area (Å²) in [4.78, 5) is 15.3. The summed E-state index contributed by atoms with van der Waals surface area (Å²) in [5.41, 5.74) is 1.02. The minimum absolute atomic E-state index is 0.303. The summed E-state index contributed by atoms with van der Waals surface area (Å²) in [6, 6.07) is 7.53. The molecule has 0 spiro atoms. The van der Waals surface area contributed by atoms with Gasteiger partial charge in [-0.1, -0.05) is 19.1 Å². The topological polar surface area (TPSA) is 39.2 Å². The first-order valence-electron chi connectivity index (χ1n) is 5.27. The first-order valence-corrected chi connectivity index (χ1v) is 5.27. The molecule has 2 rings (SSSR count). The van der Waals surface area contributed by atoms with Crippen molar-refractivity contribution in [2.45, 2.75) is 20.3 Å². The van der Waals surface area contributed by atoms with E-state index in [0.29, 0.717) is 5.75 Å². The van der Waals surface area contributed by atoms with Gasteiger partial charge in [-0.2, -0.15) is 0 Å². The molecule has 16 heavy (non-hydrogen) atoms. The fourth-order valence-electron chi connectivity index (χ4n) is 1.76. The van der Waals surface area contributed by atoms with Crippen LogP contribution in [0.2, 0.25) is 0 Å². The fraction of sp³-hybridized carbons (Fsp3) is 0.231. The van der Waals surface area contributed by atoms with Gasteiger partial charge in [0.1, 0.15) is 5.75 Å². The number of aromatic nitrogens is 1. The minimum atomic E-state index is -0.303. The third kappa shape index (κ3) is 1.89. The molecule has 82 valence electrons. The number of hydrogen-bond donors (Lipinski definition) is 0. The van der Waals surface area contributed by atoms with Crippen LogP contribution in [0.1, 0.15) is 19.5 Å². The molecule has 1 aromatic carbocycles. The maximum atomic E-state index is 11.0. The van der Waals surface area contributed by atoms with Crippen LogP contribution in [0.3, 0.4) is 0 Å². The molecule has 0 aliphatic carbocycles. The largest absolute Gasteiger partial charge is 0.426 e. The molecule has 0 atom stereocenters. The second kappa shape index (κ2) is 4.31. The van der Waals surface area contributed by atoms with Crippen molar-refractivity contribution in [2.75, 3.05) is 0 Å². The number of fused-ring (bicyclic) bond motifs is 1. The summed E-state index contributed by atoms with van der Waals surface area (Å²) >= 11 is 0. The van der Waals surface area contributed by atoms with Crippen molar-refractivity contribution in [1.29, 1.82) is 0 Å². The molecule has 3 nitrogen and oxygen atoms in total. The van der Waals surface area contributed by atoms with E-state index in [1.54, 1.807) is 12.3 Å². The first-order chi connectivity index (χ1) is 7.72. The summed E-state index contributed by atoms with van der Waals surface area (Å²) in [7, 11) is 0. The van der Waals surface area contributed by atoms with E-state index in [2.05, 4.69) is 11.9 Å². The Labute approximate surface area is 94.1 Å². The molecule has 3 heteroatoms. The number of aryl methyl sites for hydroxylation is 1. The SMILES string of the molecule is CCc1nccc2c(OC(C)=O)cccc12. The summed E-state index contributed by atoms with van der Waals surface area (Å²) in [6.07, 6.45) is 2.61. The molecule has 1 heterocycles. The Hall–Kier alpha value is -1.90. The van der Waals surface area contributed by atoms with E-state index in [-0.39, 0.29) is 5.97 Å². The van der Waals surface area contributed by atoms with Gasteiger partial charge < -0.3 is 4.74 Å². The molecule has 0 aliphatic rings. The molecule has 0 N–H and O–H groups in total. The molecule has 0 saturated heterocycles. The van der Waals surface area contributed by atoms with Crippen LogP contribution in [0.15, 0.2) is 30.5 Å². The van der Waals surface area contributed by atoms with Crippen LogP contribution in [0.4, 0.5) is 0 Å². The van der Waals surface area contributed by atoms with E-state index in [0.717, 1.165) is 22.9 Å². The number of nitrogens with zero attached hydrogens (tertiary/aromatic N) is 1. The smallest absolute Gasteiger partial charge is 0.308 e. The van der Waals surface area contributed by atoms with Crippen molar-refractivity contribution in [2.24, 2.45) is 0 Å². The highest BCUT2D eigenvalue weighted by molar-refractivity contribution is 5.91. The number of carbonyl (C=O) groups is 1. The molecular weight excluding hydrogens is 202 g/mol. The quantitative estimate of drug-likeness (QED) is 0.571. The molecule has 0 radical (unpaired) electrons. The Morgan fingerprint density at radius 2 is 2.12 bits per heavy atom. The maximum Gasteiger partial charge on any atom is 0.308 e. The number of pyridine rings is 1. The lowest BCUT2D eigenvalue weighted by Gasteiger charge is -2.07. The van der Waals surface area contributed by atoms with Gasteiger partial charge in [-0.3, -0.25) is 9.78 Å². The molecule has 0 unspecified atom stereocenters. The number of carbonyl (C=O) groups excluding carboxylic acids is 1. The van der Waals surface area contributed by atoms with Gasteiger partial charge in [0.25, 0.3) is 0 Å². The highest BCUT2D eigenvalue weighted by Gasteiger charge is 2.06. The zero-order chi connectivity index (χ0) is 11.5. The third-order valence-corrected chi connectivity index (χ3v) is 2.44. The minimum Gasteiger partial charge on any atom is -0.426 e. The lowest BCUT2D eigenvalue weighted by atomic mass is 10.1. The number of ether oxygens (including phenoxy) is 1. The molecule has 0 bridgehead atoms. The number of benzene rings is 1. The van der Waals surface area contributed by atoms with Gasteiger partial charge in [-0.05, 0) is 18.6 Å². The molecule has 0 fully saturated rings. The predicted molar refractivity (Wildman–Crippen MR) is 62.4 cm³/mol. The van der Waals surface area contributed by atoms with E-state index in [4.69, 9.17) is 4.74 Å². The van der Waals surface area contributed by atoms with Crippen LogP contribution in [0.5, 0.6) is 5.75 Å². The zero-order valence-corrected chi connectivity index (χ0v) is 9.36. The summed E-state index contributed by atoms with van der Waals surface area (Å²) in [5.74, 6) is 0.296. The van der Waals surface area contributed by atoms with E-state index < -0.39 is 0 Å². The molecule has 0 saturated carbocycles. The van der Waals surface area contributed by atoms with Crippen molar-refractivity contribution in [3.8, 4) is 5.75 Å². The average molecular weight is 215 g/mol. The lowest BCUT2D eigenvalue weighted by molar-refractivity contribution is -0.131. The highest BCUT2D eigenvalue weighted by Crippen LogP contribution is 2.27. The Kier molecular flexibility index (Phi) is 2.86. The van der Waals surface area contributed by atoms with Gasteiger partial charge in [0.05, 0.1) is 0 Å². The molecule has 2 aromatic rings. The Morgan fingerprint density at radius 1 is 1.31 bits per heavy atom. The predicted octanol–water partition coefficient (Wildman–Crippen LogP) is 2.72. The lowest BCUT2D eigenvalue weighted by Crippen LogP contribution is -2.02. The Bertz CT molecular complexity index is 534. The van der Waals surface area contributed by atoms with E-state index >= 15 is 0 Å².